The van der Waals surface area contributed by atoms with Crippen LogP contribution in [0.1, 0.15) is 41.3 Å². The highest BCUT2D eigenvalue weighted by atomic mass is 19.1. The number of nitriles is 1. The highest BCUT2D eigenvalue weighted by molar-refractivity contribution is 5.88. The fraction of sp³-hybridized carbons (Fsp3) is 0.167. The van der Waals surface area contributed by atoms with Crippen LogP contribution >= 0.6 is 0 Å². The highest BCUT2D eigenvalue weighted by Gasteiger charge is 2.44. The van der Waals surface area contributed by atoms with E-state index < -0.39 is 29.0 Å². The van der Waals surface area contributed by atoms with Crippen LogP contribution in [-0.2, 0) is 4.79 Å². The molecule has 32 heavy (non-hydrogen) atoms. The molecule has 8 heteroatoms. The summed E-state index contributed by atoms with van der Waals surface area (Å²) in [5.41, 5.74) is 1.23. The molecule has 0 saturated heterocycles. The van der Waals surface area contributed by atoms with Crippen LogP contribution in [0.3, 0.4) is 0 Å². The number of rotatable bonds is 4. The predicted molar refractivity (Wildman–Crippen MR) is 112 cm³/mol. The molecule has 0 aliphatic carbocycles. The molecule has 7 nitrogen and oxygen atoms in total. The van der Waals surface area contributed by atoms with Crippen molar-refractivity contribution >= 4 is 11.9 Å². The van der Waals surface area contributed by atoms with E-state index in [0.29, 0.717) is 22.4 Å². The highest BCUT2D eigenvalue weighted by Crippen LogP contribution is 2.52. The number of amides is 1. The fourth-order valence-corrected chi connectivity index (χ4v) is 3.94. The van der Waals surface area contributed by atoms with Gasteiger partial charge in [0.1, 0.15) is 0 Å². The molecule has 1 unspecified atom stereocenters. The molecule has 0 bridgehead atoms. The van der Waals surface area contributed by atoms with E-state index in [9.17, 15) is 14.0 Å². The van der Waals surface area contributed by atoms with Crippen LogP contribution in [0.5, 0.6) is 11.6 Å². The molecule has 160 valence electrons. The van der Waals surface area contributed by atoms with E-state index in [-0.39, 0.29) is 17.2 Å². The number of aromatic nitrogens is 1. The second-order valence-electron chi connectivity index (χ2n) is 7.95. The van der Waals surface area contributed by atoms with Gasteiger partial charge in [-0.1, -0.05) is 44.2 Å². The van der Waals surface area contributed by atoms with E-state index in [4.69, 9.17) is 15.1 Å². The monoisotopic (exact) mass is 431 g/mol. The number of pyridine rings is 1. The summed E-state index contributed by atoms with van der Waals surface area (Å²) in [4.78, 5) is 28.3. The van der Waals surface area contributed by atoms with Crippen molar-refractivity contribution in [3.05, 3.63) is 77.1 Å². The Labute approximate surface area is 183 Å². The topological polar surface area (TPSA) is 112 Å². The third-order valence-electron chi connectivity index (χ3n) is 5.61. The maximum atomic E-state index is 14.7. The second kappa shape index (κ2) is 7.78. The molecule has 0 spiro atoms. The van der Waals surface area contributed by atoms with Gasteiger partial charge < -0.3 is 9.84 Å². The molecular weight excluding hydrogens is 413 g/mol. The van der Waals surface area contributed by atoms with Gasteiger partial charge in [0.05, 0.1) is 16.7 Å². The zero-order chi connectivity index (χ0) is 23.0. The van der Waals surface area contributed by atoms with Gasteiger partial charge in [-0.2, -0.15) is 5.26 Å². The van der Waals surface area contributed by atoms with Crippen LogP contribution in [0.15, 0.2) is 54.6 Å². The van der Waals surface area contributed by atoms with Crippen molar-refractivity contribution in [2.75, 3.05) is 0 Å². The van der Waals surface area contributed by atoms with Crippen LogP contribution in [-0.4, -0.2) is 22.0 Å². The summed E-state index contributed by atoms with van der Waals surface area (Å²) in [7, 11) is 0. The molecule has 3 aromatic rings. The molecule has 2 heterocycles. The van der Waals surface area contributed by atoms with E-state index in [1.54, 1.807) is 56.4 Å². The number of carboxylic acids is 1. The maximum Gasteiger partial charge on any atom is 0.335 e. The molecule has 1 atom stereocenters. The lowest BCUT2D eigenvalue weighted by Crippen LogP contribution is -2.40. The second-order valence-corrected chi connectivity index (χ2v) is 7.95. The van der Waals surface area contributed by atoms with Gasteiger partial charge in [0.2, 0.25) is 11.8 Å². The number of carbonyl (C=O) groups is 2. The van der Waals surface area contributed by atoms with Gasteiger partial charge in [-0.3, -0.25) is 10.1 Å². The number of benzene rings is 2. The van der Waals surface area contributed by atoms with Gasteiger partial charge in [0.25, 0.3) is 0 Å². The standard InChI is InChI=1S/C24H18FN3O4/c1-24(2,23(31)27-12-26)19-15-4-3-5-17(25)20(15)32-21-16(19)10-11-18(28-21)13-6-8-14(9-7-13)22(29)30/h3-11,19H,1-2H3,(H,27,31)(H,29,30). The Hall–Kier alpha value is -4.25. The molecule has 0 radical (unpaired) electrons. The van der Waals surface area contributed by atoms with Crippen LogP contribution in [0.25, 0.3) is 11.3 Å². The van der Waals surface area contributed by atoms with E-state index in [0.717, 1.165) is 0 Å². The number of para-hydroxylation sites is 1. The SMILES string of the molecule is CC(C)(C(=O)NC#N)C1c2ccc(-c3ccc(C(=O)O)cc3)nc2Oc2c(F)cccc21. The molecule has 1 aliphatic rings. The Bertz CT molecular complexity index is 1280. The Morgan fingerprint density at radius 3 is 2.50 bits per heavy atom. The summed E-state index contributed by atoms with van der Waals surface area (Å²) in [6, 6.07) is 14.1. The largest absolute Gasteiger partial charge is 0.478 e. The quantitative estimate of drug-likeness (QED) is 0.466. The van der Waals surface area contributed by atoms with Gasteiger partial charge in [0, 0.05) is 22.6 Å². The molecule has 2 N–H and O–H groups in total. The Kier molecular flexibility index (Phi) is 5.11. The van der Waals surface area contributed by atoms with Gasteiger partial charge in [-0.15, -0.1) is 0 Å². The van der Waals surface area contributed by atoms with Crippen LogP contribution in [0, 0.1) is 22.7 Å². The summed E-state index contributed by atoms with van der Waals surface area (Å²) in [6.07, 6.45) is 1.65. The number of ether oxygens (including phenoxy) is 1. The Balaban J connectivity index is 1.85. The van der Waals surface area contributed by atoms with E-state index >= 15 is 0 Å². The van der Waals surface area contributed by atoms with Crippen molar-refractivity contribution in [1.82, 2.24) is 10.3 Å². The molecule has 1 aliphatic heterocycles. The first kappa shape index (κ1) is 21.0. The first-order valence-corrected chi connectivity index (χ1v) is 9.74. The minimum absolute atomic E-state index is 0.0197. The zero-order valence-electron chi connectivity index (χ0n) is 17.2. The Morgan fingerprint density at radius 1 is 1.12 bits per heavy atom. The molecule has 4 rings (SSSR count). The summed E-state index contributed by atoms with van der Waals surface area (Å²) >= 11 is 0. The van der Waals surface area contributed by atoms with Gasteiger partial charge in [-0.05, 0) is 24.3 Å². The van der Waals surface area contributed by atoms with Crippen LogP contribution < -0.4 is 10.1 Å². The molecule has 2 aromatic carbocycles. The Morgan fingerprint density at radius 2 is 1.84 bits per heavy atom. The number of nitrogens with zero attached hydrogens (tertiary/aromatic N) is 2. The average Bonchev–Trinajstić information content (AvgIpc) is 2.77. The van der Waals surface area contributed by atoms with Crippen LogP contribution in [0.2, 0.25) is 0 Å². The summed E-state index contributed by atoms with van der Waals surface area (Å²) in [6.45, 7) is 3.35. The first-order chi connectivity index (χ1) is 15.2. The number of hydrogen-bond donors (Lipinski definition) is 2. The summed E-state index contributed by atoms with van der Waals surface area (Å²) in [5.74, 6) is -2.64. The van der Waals surface area contributed by atoms with E-state index in [2.05, 4.69) is 10.3 Å². The third-order valence-corrected chi connectivity index (χ3v) is 5.61. The van der Waals surface area contributed by atoms with Gasteiger partial charge >= 0.3 is 5.97 Å². The predicted octanol–water partition coefficient (Wildman–Crippen LogP) is 4.45. The summed E-state index contributed by atoms with van der Waals surface area (Å²) < 4.78 is 20.5. The van der Waals surface area contributed by atoms with Crippen molar-refractivity contribution in [3.8, 4) is 29.1 Å². The number of hydrogen-bond acceptors (Lipinski definition) is 5. The minimum atomic E-state index is -1.12. The van der Waals surface area contributed by atoms with Gasteiger partial charge in [-0.25, -0.2) is 14.2 Å². The van der Waals surface area contributed by atoms with Gasteiger partial charge in [0.15, 0.2) is 17.8 Å². The van der Waals surface area contributed by atoms with E-state index in [1.807, 2.05) is 0 Å². The van der Waals surface area contributed by atoms with Crippen molar-refractivity contribution in [3.63, 3.8) is 0 Å². The smallest absolute Gasteiger partial charge is 0.335 e. The number of halogens is 1. The van der Waals surface area contributed by atoms with Crippen molar-refractivity contribution in [1.29, 1.82) is 5.26 Å². The molecule has 1 amide bonds. The zero-order valence-corrected chi connectivity index (χ0v) is 17.2. The molecule has 1 aromatic heterocycles. The third kappa shape index (κ3) is 3.44. The van der Waals surface area contributed by atoms with Crippen LogP contribution in [0.4, 0.5) is 4.39 Å². The fourth-order valence-electron chi connectivity index (χ4n) is 3.94. The minimum Gasteiger partial charge on any atom is -0.478 e. The number of fused-ring (bicyclic) bond motifs is 2. The summed E-state index contributed by atoms with van der Waals surface area (Å²) in [5, 5.41) is 20.2. The number of carbonyl (C=O) groups excluding carboxylic acids is 1. The lowest BCUT2D eigenvalue weighted by atomic mass is 9.69. The first-order valence-electron chi connectivity index (χ1n) is 9.74. The lowest BCUT2D eigenvalue weighted by molar-refractivity contribution is -0.128. The lowest BCUT2D eigenvalue weighted by Gasteiger charge is -2.37. The molecular formula is C24H18FN3O4. The number of nitrogens with one attached hydrogen (secondary N) is 1. The maximum absolute atomic E-state index is 14.7. The average molecular weight is 431 g/mol. The molecule has 0 fully saturated rings. The normalized spacial score (nSPS) is 14.4. The van der Waals surface area contributed by atoms with Crippen molar-refractivity contribution in [2.45, 2.75) is 19.8 Å². The van der Waals surface area contributed by atoms with Crippen molar-refractivity contribution < 1.29 is 23.8 Å². The van der Waals surface area contributed by atoms with E-state index in [1.165, 1.54) is 18.2 Å². The number of carboxylic acid groups (broad SMARTS) is 1. The molecule has 0 saturated carbocycles. The van der Waals surface area contributed by atoms with Crippen molar-refractivity contribution in [2.24, 2.45) is 5.41 Å². The number of aromatic carboxylic acids is 1.